The summed E-state index contributed by atoms with van der Waals surface area (Å²) in [5.74, 6) is -0.415. The summed E-state index contributed by atoms with van der Waals surface area (Å²) in [6.45, 7) is 9.90. The molecule has 0 spiro atoms. The van der Waals surface area contributed by atoms with Crippen molar-refractivity contribution in [2.45, 2.75) is 64.9 Å². The molecule has 0 fully saturated rings. The summed E-state index contributed by atoms with van der Waals surface area (Å²) in [6.07, 6.45) is 1.12. The molecule has 9 heteroatoms. The van der Waals surface area contributed by atoms with E-state index in [4.69, 9.17) is 4.74 Å². The molecule has 0 heterocycles. The van der Waals surface area contributed by atoms with Crippen LogP contribution in [0.1, 0.15) is 50.3 Å². The molecule has 8 nitrogen and oxygen atoms in total. The van der Waals surface area contributed by atoms with Gasteiger partial charge in [-0.3, -0.25) is 13.9 Å². The fraction of sp³-hybridized carbons (Fsp3) is 0.375. The van der Waals surface area contributed by atoms with Crippen LogP contribution >= 0.6 is 0 Å². The lowest BCUT2D eigenvalue weighted by atomic mass is 10.1. The molecular formula is C32H41N3O5S. The number of rotatable bonds is 14. The molecule has 41 heavy (non-hydrogen) atoms. The van der Waals surface area contributed by atoms with Crippen LogP contribution in [0.15, 0.2) is 77.7 Å². The van der Waals surface area contributed by atoms with Crippen LogP contribution in [0.2, 0.25) is 0 Å². The molecule has 2 amide bonds. The number of aryl methyl sites for hydroxylation is 2. The van der Waals surface area contributed by atoms with Crippen molar-refractivity contribution in [3.63, 3.8) is 0 Å². The third-order valence-corrected chi connectivity index (χ3v) is 8.47. The molecule has 3 rings (SSSR count). The third-order valence-electron chi connectivity index (χ3n) is 6.69. The van der Waals surface area contributed by atoms with Crippen LogP contribution in [-0.4, -0.2) is 50.9 Å². The number of carbonyl (C=O) groups excluding carboxylic acids is 2. The zero-order valence-corrected chi connectivity index (χ0v) is 25.4. The van der Waals surface area contributed by atoms with Gasteiger partial charge in [0.25, 0.3) is 10.0 Å². The molecule has 1 N–H and O–H groups in total. The Kier molecular flexibility index (Phi) is 11.3. The Morgan fingerprint density at radius 2 is 1.61 bits per heavy atom. The van der Waals surface area contributed by atoms with Crippen LogP contribution in [0.4, 0.5) is 5.69 Å². The van der Waals surface area contributed by atoms with E-state index >= 15 is 0 Å². The van der Waals surface area contributed by atoms with Gasteiger partial charge in [0.1, 0.15) is 18.3 Å². The molecule has 0 radical (unpaired) electrons. The predicted octanol–water partition coefficient (Wildman–Crippen LogP) is 5.23. The monoisotopic (exact) mass is 579 g/mol. The van der Waals surface area contributed by atoms with Crippen LogP contribution in [-0.2, 0) is 26.2 Å². The largest absolute Gasteiger partial charge is 0.492 e. The Balaban J connectivity index is 2.10. The molecule has 0 aliphatic heterocycles. The van der Waals surface area contributed by atoms with Crippen molar-refractivity contribution in [3.05, 3.63) is 89.5 Å². The van der Waals surface area contributed by atoms with E-state index in [2.05, 4.69) is 5.32 Å². The summed E-state index contributed by atoms with van der Waals surface area (Å²) >= 11 is 0. The first kappa shape index (κ1) is 31.7. The SMILES string of the molecule is CCCNC(=O)C(CC)N(Cc1cccc(C)c1)C(=O)CN(c1ccccc1OCC)S(=O)(=O)c1ccc(C)cc1. The van der Waals surface area contributed by atoms with Gasteiger partial charge in [-0.15, -0.1) is 0 Å². The maximum absolute atomic E-state index is 14.2. The zero-order chi connectivity index (χ0) is 30.0. The van der Waals surface area contributed by atoms with E-state index in [0.717, 1.165) is 27.4 Å². The van der Waals surface area contributed by atoms with Crippen molar-refractivity contribution >= 4 is 27.5 Å². The van der Waals surface area contributed by atoms with Gasteiger partial charge in [0.2, 0.25) is 11.8 Å². The van der Waals surface area contributed by atoms with E-state index < -0.39 is 28.5 Å². The van der Waals surface area contributed by atoms with E-state index in [1.165, 1.54) is 17.0 Å². The molecule has 1 unspecified atom stereocenters. The second kappa shape index (κ2) is 14.7. The Bertz CT molecular complexity index is 1420. The number of amides is 2. The van der Waals surface area contributed by atoms with Crippen LogP contribution in [0, 0.1) is 13.8 Å². The summed E-state index contributed by atoms with van der Waals surface area (Å²) in [6, 6.07) is 20.2. The molecule has 0 saturated heterocycles. The van der Waals surface area contributed by atoms with E-state index in [-0.39, 0.29) is 23.0 Å². The maximum atomic E-state index is 14.2. The van der Waals surface area contributed by atoms with Gasteiger partial charge < -0.3 is 15.0 Å². The van der Waals surface area contributed by atoms with Crippen molar-refractivity contribution < 1.29 is 22.7 Å². The van der Waals surface area contributed by atoms with Gasteiger partial charge in [-0.2, -0.15) is 0 Å². The zero-order valence-electron chi connectivity index (χ0n) is 24.6. The Morgan fingerprint density at radius 3 is 2.24 bits per heavy atom. The maximum Gasteiger partial charge on any atom is 0.264 e. The normalized spacial score (nSPS) is 11.9. The molecule has 0 bridgehead atoms. The van der Waals surface area contributed by atoms with Gasteiger partial charge in [-0.1, -0.05) is 73.5 Å². The van der Waals surface area contributed by atoms with Crippen molar-refractivity contribution in [1.29, 1.82) is 0 Å². The van der Waals surface area contributed by atoms with Gasteiger partial charge in [0, 0.05) is 13.1 Å². The van der Waals surface area contributed by atoms with Gasteiger partial charge in [-0.05, 0) is 63.4 Å². The number of ether oxygens (including phenoxy) is 1. The molecule has 0 saturated carbocycles. The number of sulfonamides is 1. The summed E-state index contributed by atoms with van der Waals surface area (Å²) in [5, 5.41) is 2.90. The average Bonchev–Trinajstić information content (AvgIpc) is 2.95. The molecule has 1 atom stereocenters. The highest BCUT2D eigenvalue weighted by Gasteiger charge is 2.34. The average molecular weight is 580 g/mol. The second-order valence-corrected chi connectivity index (χ2v) is 11.8. The lowest BCUT2D eigenvalue weighted by Crippen LogP contribution is -2.52. The Morgan fingerprint density at radius 1 is 0.902 bits per heavy atom. The van der Waals surface area contributed by atoms with Crippen molar-refractivity contribution in [3.8, 4) is 5.75 Å². The topological polar surface area (TPSA) is 96.0 Å². The third kappa shape index (κ3) is 8.10. The number of nitrogens with zero attached hydrogens (tertiary/aromatic N) is 2. The molecular weight excluding hydrogens is 538 g/mol. The molecule has 0 aliphatic carbocycles. The summed E-state index contributed by atoms with van der Waals surface area (Å²) < 4.78 is 35.1. The number of carbonyl (C=O) groups is 2. The Hall–Kier alpha value is -3.85. The first-order chi connectivity index (χ1) is 19.6. The van der Waals surface area contributed by atoms with Crippen LogP contribution < -0.4 is 14.4 Å². The van der Waals surface area contributed by atoms with Crippen LogP contribution in [0.5, 0.6) is 5.75 Å². The number of hydrogen-bond acceptors (Lipinski definition) is 5. The van der Waals surface area contributed by atoms with Crippen LogP contribution in [0.25, 0.3) is 0 Å². The van der Waals surface area contributed by atoms with Gasteiger partial charge >= 0.3 is 0 Å². The van der Waals surface area contributed by atoms with E-state index in [0.29, 0.717) is 25.3 Å². The first-order valence-corrected chi connectivity index (χ1v) is 15.5. The highest BCUT2D eigenvalue weighted by molar-refractivity contribution is 7.92. The minimum Gasteiger partial charge on any atom is -0.492 e. The second-order valence-electron chi connectivity index (χ2n) is 9.95. The van der Waals surface area contributed by atoms with Crippen molar-refractivity contribution in [2.24, 2.45) is 0 Å². The predicted molar refractivity (Wildman–Crippen MR) is 162 cm³/mol. The highest BCUT2D eigenvalue weighted by Crippen LogP contribution is 2.33. The highest BCUT2D eigenvalue weighted by atomic mass is 32.2. The quantitative estimate of drug-likeness (QED) is 0.282. The minimum atomic E-state index is -4.18. The van der Waals surface area contributed by atoms with Crippen molar-refractivity contribution in [2.75, 3.05) is 24.0 Å². The lowest BCUT2D eigenvalue weighted by molar-refractivity contribution is -0.140. The number of para-hydroxylation sites is 2. The van der Waals surface area contributed by atoms with Gasteiger partial charge in [-0.25, -0.2) is 8.42 Å². The first-order valence-electron chi connectivity index (χ1n) is 14.1. The van der Waals surface area contributed by atoms with Crippen LogP contribution in [0.3, 0.4) is 0 Å². The number of hydrogen-bond donors (Lipinski definition) is 1. The standard InChI is InChI=1S/C32H41N3O5S/c1-6-20-33-32(37)28(7-2)34(22-26-13-11-12-25(5)21-26)31(36)23-35(29-14-9-10-15-30(29)40-8-3)41(38,39)27-18-16-24(4)17-19-27/h9-19,21,28H,6-8,20,22-23H2,1-5H3,(H,33,37). The summed E-state index contributed by atoms with van der Waals surface area (Å²) in [7, 11) is -4.18. The van der Waals surface area contributed by atoms with E-state index in [1.807, 2.05) is 58.9 Å². The number of anilines is 1. The smallest absolute Gasteiger partial charge is 0.264 e. The summed E-state index contributed by atoms with van der Waals surface area (Å²) in [4.78, 5) is 29.0. The summed E-state index contributed by atoms with van der Waals surface area (Å²) in [5.41, 5.74) is 3.03. The molecule has 0 aliphatic rings. The number of benzene rings is 3. The van der Waals surface area contributed by atoms with Gasteiger partial charge in [0.05, 0.1) is 17.2 Å². The van der Waals surface area contributed by atoms with E-state index in [1.54, 1.807) is 36.4 Å². The molecule has 3 aromatic carbocycles. The van der Waals surface area contributed by atoms with Crippen molar-refractivity contribution in [1.82, 2.24) is 10.2 Å². The Labute approximate surface area is 244 Å². The molecule has 220 valence electrons. The van der Waals surface area contributed by atoms with E-state index in [9.17, 15) is 18.0 Å². The fourth-order valence-electron chi connectivity index (χ4n) is 4.58. The lowest BCUT2D eigenvalue weighted by Gasteiger charge is -2.33. The minimum absolute atomic E-state index is 0.0557. The fourth-order valence-corrected chi connectivity index (χ4v) is 6.01. The molecule has 3 aromatic rings. The number of nitrogens with one attached hydrogen (secondary N) is 1. The van der Waals surface area contributed by atoms with Gasteiger partial charge in [0.15, 0.2) is 0 Å². The molecule has 0 aromatic heterocycles.